The topological polar surface area (TPSA) is 79.5 Å². The first-order chi connectivity index (χ1) is 14.8. The second-order valence-electron chi connectivity index (χ2n) is 9.38. The van der Waals surface area contributed by atoms with Crippen LogP contribution in [0.5, 0.6) is 0 Å². The first-order valence-corrected chi connectivity index (χ1v) is 10.4. The van der Waals surface area contributed by atoms with Crippen molar-refractivity contribution in [2.75, 3.05) is 18.0 Å². The highest BCUT2D eigenvalue weighted by Crippen LogP contribution is 2.31. The van der Waals surface area contributed by atoms with E-state index in [1.54, 1.807) is 6.07 Å². The van der Waals surface area contributed by atoms with Gasteiger partial charge >= 0.3 is 12.2 Å². The number of ketones is 1. The highest BCUT2D eigenvalue weighted by molar-refractivity contribution is 5.97. The summed E-state index contributed by atoms with van der Waals surface area (Å²) in [6.45, 7) is 9.93. The summed E-state index contributed by atoms with van der Waals surface area (Å²) in [6.07, 6.45) is -3.52. The lowest BCUT2D eigenvalue weighted by Gasteiger charge is -2.25. The fraction of sp³-hybridized carbons (Fsp3) is 0.545. The number of pyridine rings is 1. The zero-order valence-corrected chi connectivity index (χ0v) is 18.7. The van der Waals surface area contributed by atoms with Crippen molar-refractivity contribution in [3.8, 4) is 0 Å². The molecule has 0 aromatic carbocycles. The first kappa shape index (κ1) is 23.7. The van der Waals surface area contributed by atoms with Gasteiger partial charge in [0, 0.05) is 18.0 Å². The summed E-state index contributed by atoms with van der Waals surface area (Å²) in [5, 5.41) is 4.00. The van der Waals surface area contributed by atoms with Crippen LogP contribution in [0, 0.1) is 5.92 Å². The predicted octanol–water partition coefficient (Wildman–Crippen LogP) is 4.46. The van der Waals surface area contributed by atoms with Crippen molar-refractivity contribution >= 4 is 17.5 Å². The van der Waals surface area contributed by atoms with Gasteiger partial charge in [0.15, 0.2) is 5.78 Å². The average Bonchev–Trinajstić information content (AvgIpc) is 3.27. The van der Waals surface area contributed by atoms with Crippen LogP contribution in [0.3, 0.4) is 0 Å². The molecular formula is C22H27F3N4O3. The monoisotopic (exact) mass is 452 g/mol. The summed E-state index contributed by atoms with van der Waals surface area (Å²) in [6, 6.07) is 3.10. The van der Waals surface area contributed by atoms with Crippen LogP contribution in [0.4, 0.5) is 23.7 Å². The van der Waals surface area contributed by atoms with Crippen molar-refractivity contribution in [1.82, 2.24) is 15.0 Å². The van der Waals surface area contributed by atoms with E-state index in [9.17, 15) is 22.8 Å². The van der Waals surface area contributed by atoms with Crippen molar-refractivity contribution in [2.45, 2.75) is 58.7 Å². The Balaban J connectivity index is 1.73. The van der Waals surface area contributed by atoms with Gasteiger partial charge in [-0.1, -0.05) is 39.8 Å². The maximum absolute atomic E-state index is 13.0. The molecule has 1 atom stereocenters. The number of carbonyl (C=O) groups is 2. The van der Waals surface area contributed by atoms with Crippen molar-refractivity contribution in [1.29, 1.82) is 0 Å². The molecule has 32 heavy (non-hydrogen) atoms. The van der Waals surface area contributed by atoms with Crippen LogP contribution in [0.2, 0.25) is 0 Å². The highest BCUT2D eigenvalue weighted by Gasteiger charge is 2.41. The molecule has 1 fully saturated rings. The molecule has 0 spiro atoms. The SMILES string of the molecule is CC(C)[C@H]1CN(c2ccc(C(F)(F)F)nc2)C(=O)N1CC(=O)Cc1cc(C(C)(C)C)no1. The Morgan fingerprint density at radius 3 is 2.41 bits per heavy atom. The number of halogens is 3. The lowest BCUT2D eigenvalue weighted by molar-refractivity contribution is -0.141. The Morgan fingerprint density at radius 2 is 1.91 bits per heavy atom. The van der Waals surface area contributed by atoms with Gasteiger partial charge in [0.2, 0.25) is 0 Å². The van der Waals surface area contributed by atoms with E-state index in [1.165, 1.54) is 15.9 Å². The summed E-state index contributed by atoms with van der Waals surface area (Å²) in [7, 11) is 0. The van der Waals surface area contributed by atoms with Crippen LogP contribution in [-0.4, -0.2) is 46.0 Å². The number of nitrogens with zero attached hydrogens (tertiary/aromatic N) is 4. The minimum Gasteiger partial charge on any atom is -0.361 e. The van der Waals surface area contributed by atoms with Gasteiger partial charge < -0.3 is 9.42 Å². The van der Waals surface area contributed by atoms with E-state index in [0.717, 1.165) is 18.0 Å². The molecule has 1 aliphatic heterocycles. The molecule has 0 N–H and O–H groups in total. The third-order valence-corrected chi connectivity index (χ3v) is 5.41. The molecular weight excluding hydrogens is 425 g/mol. The number of anilines is 1. The van der Waals surface area contributed by atoms with Crippen molar-refractivity contribution in [3.63, 3.8) is 0 Å². The van der Waals surface area contributed by atoms with E-state index in [0.29, 0.717) is 5.76 Å². The van der Waals surface area contributed by atoms with Crippen molar-refractivity contribution < 1.29 is 27.3 Å². The Morgan fingerprint density at radius 1 is 1.22 bits per heavy atom. The zero-order chi connectivity index (χ0) is 23.8. The molecule has 2 aromatic heterocycles. The summed E-state index contributed by atoms with van der Waals surface area (Å²) >= 11 is 0. The second kappa shape index (κ2) is 8.55. The van der Waals surface area contributed by atoms with Crippen LogP contribution >= 0.6 is 0 Å². The number of amides is 2. The van der Waals surface area contributed by atoms with Crippen LogP contribution in [0.15, 0.2) is 28.9 Å². The second-order valence-corrected chi connectivity index (χ2v) is 9.38. The predicted molar refractivity (Wildman–Crippen MR) is 111 cm³/mol. The van der Waals surface area contributed by atoms with Crippen LogP contribution in [-0.2, 0) is 22.8 Å². The Kier molecular flexibility index (Phi) is 6.35. The molecule has 174 valence electrons. The summed E-state index contributed by atoms with van der Waals surface area (Å²) < 4.78 is 43.6. The number of carbonyl (C=O) groups excluding carboxylic acids is 2. The number of hydrogen-bond acceptors (Lipinski definition) is 5. The van der Waals surface area contributed by atoms with Crippen molar-refractivity contribution in [3.05, 3.63) is 41.5 Å². The number of aromatic nitrogens is 2. The Bertz CT molecular complexity index is 978. The molecule has 2 amide bonds. The molecule has 0 bridgehead atoms. The zero-order valence-electron chi connectivity index (χ0n) is 18.7. The standard InChI is InChI=1S/C22H27F3N4O3/c1-13(2)17-12-28(14-6-7-18(26-10-14)22(23,24)25)20(31)29(17)11-15(30)8-16-9-19(27-32-16)21(3,4)5/h6-7,9-10,13,17H,8,11-12H2,1-5H3/t17-/m1/s1. The van der Waals surface area contributed by atoms with E-state index in [4.69, 9.17) is 4.52 Å². The third kappa shape index (κ3) is 5.11. The van der Waals surface area contributed by atoms with E-state index in [1.807, 2.05) is 34.6 Å². The summed E-state index contributed by atoms with van der Waals surface area (Å²) in [5.74, 6) is 0.251. The van der Waals surface area contributed by atoms with Gasteiger partial charge in [-0.25, -0.2) is 9.78 Å². The molecule has 3 rings (SSSR count). The van der Waals surface area contributed by atoms with E-state index >= 15 is 0 Å². The van der Waals surface area contributed by atoms with Gasteiger partial charge in [0.05, 0.1) is 36.6 Å². The number of urea groups is 1. The molecule has 0 saturated carbocycles. The molecule has 0 aliphatic carbocycles. The average molecular weight is 452 g/mol. The van der Waals surface area contributed by atoms with E-state index in [2.05, 4.69) is 10.1 Å². The van der Waals surface area contributed by atoms with Gasteiger partial charge in [0.25, 0.3) is 0 Å². The molecule has 10 heteroatoms. The van der Waals surface area contributed by atoms with Crippen molar-refractivity contribution in [2.24, 2.45) is 5.92 Å². The summed E-state index contributed by atoms with van der Waals surface area (Å²) in [5.41, 5.74) is -0.247. The van der Waals surface area contributed by atoms with E-state index in [-0.39, 0.29) is 48.4 Å². The molecule has 2 aromatic rings. The van der Waals surface area contributed by atoms with Gasteiger partial charge in [-0.05, 0) is 18.1 Å². The highest BCUT2D eigenvalue weighted by atomic mass is 19.4. The van der Waals surface area contributed by atoms with Gasteiger partial charge in [-0.2, -0.15) is 13.2 Å². The third-order valence-electron chi connectivity index (χ3n) is 5.41. The quantitative estimate of drug-likeness (QED) is 0.646. The lowest BCUT2D eigenvalue weighted by atomic mass is 9.92. The largest absolute Gasteiger partial charge is 0.433 e. The molecule has 0 unspecified atom stereocenters. The number of rotatable bonds is 6. The number of Topliss-reactive ketones (excluding diaryl/α,β-unsaturated/α-hetero) is 1. The fourth-order valence-electron chi connectivity index (χ4n) is 3.54. The maximum Gasteiger partial charge on any atom is 0.433 e. The van der Waals surface area contributed by atoms with Gasteiger partial charge in [0.1, 0.15) is 11.5 Å². The van der Waals surface area contributed by atoms with Crippen LogP contribution in [0.25, 0.3) is 0 Å². The minimum absolute atomic E-state index is 0.000486. The molecule has 1 saturated heterocycles. The normalized spacial score (nSPS) is 17.5. The fourth-order valence-corrected chi connectivity index (χ4v) is 3.54. The molecule has 1 aliphatic rings. The lowest BCUT2D eigenvalue weighted by Crippen LogP contribution is -2.41. The number of hydrogen-bond donors (Lipinski definition) is 0. The van der Waals surface area contributed by atoms with Gasteiger partial charge in [-0.15, -0.1) is 0 Å². The van der Waals surface area contributed by atoms with Crippen LogP contribution in [0.1, 0.15) is 51.8 Å². The Hall–Kier alpha value is -2.91. The van der Waals surface area contributed by atoms with Gasteiger partial charge in [-0.3, -0.25) is 9.69 Å². The molecule has 0 radical (unpaired) electrons. The molecule has 7 nitrogen and oxygen atoms in total. The first-order valence-electron chi connectivity index (χ1n) is 10.4. The van der Waals surface area contributed by atoms with Crippen LogP contribution < -0.4 is 4.90 Å². The smallest absolute Gasteiger partial charge is 0.361 e. The Labute approximate surface area is 184 Å². The molecule has 3 heterocycles. The number of alkyl halides is 3. The maximum atomic E-state index is 13.0. The minimum atomic E-state index is -4.56. The van der Waals surface area contributed by atoms with E-state index < -0.39 is 17.9 Å². The summed E-state index contributed by atoms with van der Waals surface area (Å²) in [4.78, 5) is 32.0.